The number of hydrogen-bond acceptors (Lipinski definition) is 2. The van der Waals surface area contributed by atoms with E-state index < -0.39 is 17.8 Å². The van der Waals surface area contributed by atoms with Crippen molar-refractivity contribution in [2.45, 2.75) is 25.6 Å². The van der Waals surface area contributed by atoms with Gasteiger partial charge in [-0.05, 0) is 42.3 Å². The molecule has 6 heteroatoms. The van der Waals surface area contributed by atoms with Crippen molar-refractivity contribution in [1.82, 2.24) is 0 Å². The first-order chi connectivity index (χ1) is 9.32. The van der Waals surface area contributed by atoms with E-state index in [0.717, 1.165) is 23.4 Å². The van der Waals surface area contributed by atoms with E-state index in [1.807, 2.05) is 19.1 Å². The Morgan fingerprint density at radius 3 is 2.50 bits per heavy atom. The summed E-state index contributed by atoms with van der Waals surface area (Å²) >= 11 is 4.81. The Bertz CT molecular complexity index is 607. The van der Waals surface area contributed by atoms with Gasteiger partial charge in [-0.1, -0.05) is 22.9 Å². The van der Waals surface area contributed by atoms with Crippen LogP contribution in [-0.4, -0.2) is 0 Å². The van der Waals surface area contributed by atoms with Crippen LogP contribution in [0.2, 0.25) is 0 Å². The Labute approximate surface area is 127 Å². The highest BCUT2D eigenvalue weighted by atomic mass is 79.9. The lowest BCUT2D eigenvalue weighted by molar-refractivity contribution is -0.137. The van der Waals surface area contributed by atoms with Crippen molar-refractivity contribution in [2.75, 3.05) is 0 Å². The zero-order valence-electron chi connectivity index (χ0n) is 10.7. The van der Waals surface area contributed by atoms with Gasteiger partial charge in [-0.2, -0.15) is 13.2 Å². The molecule has 1 unspecified atom stereocenters. The molecule has 1 nitrogen and oxygen atoms in total. The van der Waals surface area contributed by atoms with Gasteiger partial charge in [-0.3, -0.25) is 0 Å². The number of rotatable bonds is 3. The van der Waals surface area contributed by atoms with Crippen LogP contribution in [-0.2, 0) is 12.6 Å². The molecular weight excluding hydrogens is 351 g/mol. The van der Waals surface area contributed by atoms with Gasteiger partial charge in [-0.15, -0.1) is 11.3 Å². The predicted octanol–water partition coefficient (Wildman–Crippen LogP) is 5.14. The van der Waals surface area contributed by atoms with Crippen molar-refractivity contribution >= 4 is 27.3 Å². The normalized spacial score (nSPS) is 13.5. The highest BCUT2D eigenvalue weighted by Crippen LogP contribution is 2.36. The molecule has 0 radical (unpaired) electrons. The van der Waals surface area contributed by atoms with E-state index in [1.54, 1.807) is 0 Å². The maximum Gasteiger partial charge on any atom is 0.416 e. The molecule has 0 spiro atoms. The van der Waals surface area contributed by atoms with Crippen LogP contribution in [0, 0.1) is 0 Å². The summed E-state index contributed by atoms with van der Waals surface area (Å²) in [7, 11) is 0. The highest BCUT2D eigenvalue weighted by molar-refractivity contribution is 9.10. The second kappa shape index (κ2) is 5.87. The van der Waals surface area contributed by atoms with Crippen molar-refractivity contribution in [1.29, 1.82) is 0 Å². The molecule has 20 heavy (non-hydrogen) atoms. The van der Waals surface area contributed by atoms with Gasteiger partial charge in [0.15, 0.2) is 0 Å². The Morgan fingerprint density at radius 1 is 1.25 bits per heavy atom. The van der Waals surface area contributed by atoms with E-state index in [0.29, 0.717) is 10.0 Å². The molecule has 0 aliphatic heterocycles. The Hall–Kier alpha value is -0.850. The third kappa shape index (κ3) is 3.24. The first-order valence-electron chi connectivity index (χ1n) is 6.03. The Balaban J connectivity index is 2.40. The largest absolute Gasteiger partial charge is 0.416 e. The molecule has 0 aliphatic rings. The van der Waals surface area contributed by atoms with Crippen molar-refractivity contribution in [3.8, 4) is 0 Å². The summed E-state index contributed by atoms with van der Waals surface area (Å²) < 4.78 is 38.9. The topological polar surface area (TPSA) is 26.0 Å². The van der Waals surface area contributed by atoms with Gasteiger partial charge in [0.1, 0.15) is 0 Å². The highest BCUT2D eigenvalue weighted by Gasteiger charge is 2.31. The number of hydrogen-bond donors (Lipinski definition) is 1. The minimum absolute atomic E-state index is 0.448. The van der Waals surface area contributed by atoms with Crippen LogP contribution in [0.1, 0.15) is 33.8 Å². The lowest BCUT2D eigenvalue weighted by atomic mass is 10.0. The molecule has 1 atom stereocenters. The number of aryl methyl sites for hydroxylation is 1. The van der Waals surface area contributed by atoms with E-state index in [1.165, 1.54) is 22.3 Å². The second-order valence-corrected chi connectivity index (χ2v) is 6.42. The molecule has 0 amide bonds. The van der Waals surface area contributed by atoms with E-state index >= 15 is 0 Å². The molecule has 0 saturated carbocycles. The Morgan fingerprint density at radius 2 is 1.95 bits per heavy atom. The molecule has 0 bridgehead atoms. The van der Waals surface area contributed by atoms with E-state index in [2.05, 4.69) is 15.9 Å². The van der Waals surface area contributed by atoms with E-state index in [9.17, 15) is 13.2 Å². The number of alkyl halides is 3. The fourth-order valence-corrected chi connectivity index (χ4v) is 3.33. The summed E-state index contributed by atoms with van der Waals surface area (Å²) in [4.78, 5) is 2.03. The van der Waals surface area contributed by atoms with Crippen LogP contribution >= 0.6 is 27.3 Å². The quantitative estimate of drug-likeness (QED) is 0.802. The molecule has 1 aromatic carbocycles. The van der Waals surface area contributed by atoms with Crippen LogP contribution in [0.25, 0.3) is 0 Å². The summed E-state index contributed by atoms with van der Waals surface area (Å²) in [5.41, 5.74) is 5.88. The number of thiophene rings is 1. The number of halogens is 4. The molecular formula is C14H13BrF3NS. The van der Waals surface area contributed by atoms with Gasteiger partial charge in [-0.25, -0.2) is 0 Å². The molecule has 1 heterocycles. The minimum atomic E-state index is -4.36. The molecule has 2 rings (SSSR count). The van der Waals surface area contributed by atoms with Crippen molar-refractivity contribution in [2.24, 2.45) is 5.73 Å². The molecule has 2 aromatic rings. The SMILES string of the molecule is CCc1ccc(C(N)c2cc(C(F)(F)F)ccc2Br)s1. The standard InChI is InChI=1S/C14H13BrF3NS/c1-2-9-4-6-12(20-9)13(19)10-7-8(14(16,17)18)3-5-11(10)15/h3-7,13H,2,19H2,1H3. The van der Waals surface area contributed by atoms with Crippen LogP contribution in [0.15, 0.2) is 34.8 Å². The van der Waals surface area contributed by atoms with Crippen molar-refractivity contribution in [3.63, 3.8) is 0 Å². The van der Waals surface area contributed by atoms with Crippen LogP contribution in [0.4, 0.5) is 13.2 Å². The number of benzene rings is 1. The lowest BCUT2D eigenvalue weighted by Crippen LogP contribution is -2.13. The fraction of sp³-hybridized carbons (Fsp3) is 0.286. The third-order valence-electron chi connectivity index (χ3n) is 3.00. The maximum absolute atomic E-state index is 12.8. The zero-order valence-corrected chi connectivity index (χ0v) is 13.1. The molecule has 108 valence electrons. The zero-order chi connectivity index (χ0) is 14.9. The minimum Gasteiger partial charge on any atom is -0.320 e. The summed E-state index contributed by atoms with van der Waals surface area (Å²) in [6, 6.07) is 6.83. The monoisotopic (exact) mass is 363 g/mol. The molecule has 1 aromatic heterocycles. The summed E-state index contributed by atoms with van der Waals surface area (Å²) in [5.74, 6) is 0. The van der Waals surface area contributed by atoms with Crippen LogP contribution in [0.5, 0.6) is 0 Å². The second-order valence-electron chi connectivity index (χ2n) is 4.37. The first kappa shape index (κ1) is 15.5. The smallest absolute Gasteiger partial charge is 0.320 e. The van der Waals surface area contributed by atoms with Crippen LogP contribution in [0.3, 0.4) is 0 Å². The van der Waals surface area contributed by atoms with Gasteiger partial charge in [0.2, 0.25) is 0 Å². The molecule has 0 saturated heterocycles. The number of nitrogens with two attached hydrogens (primary N) is 1. The average Bonchev–Trinajstić information content (AvgIpc) is 2.86. The van der Waals surface area contributed by atoms with Crippen molar-refractivity contribution in [3.05, 3.63) is 55.7 Å². The van der Waals surface area contributed by atoms with E-state index in [4.69, 9.17) is 5.73 Å². The van der Waals surface area contributed by atoms with Crippen molar-refractivity contribution < 1.29 is 13.2 Å². The third-order valence-corrected chi connectivity index (χ3v) is 5.03. The predicted molar refractivity (Wildman–Crippen MR) is 78.9 cm³/mol. The first-order valence-corrected chi connectivity index (χ1v) is 7.64. The molecule has 0 fully saturated rings. The summed E-state index contributed by atoms with van der Waals surface area (Å²) in [5, 5.41) is 0. The van der Waals surface area contributed by atoms with Gasteiger partial charge in [0, 0.05) is 14.2 Å². The van der Waals surface area contributed by atoms with Gasteiger partial charge < -0.3 is 5.73 Å². The molecule has 2 N–H and O–H groups in total. The van der Waals surface area contributed by atoms with E-state index in [-0.39, 0.29) is 0 Å². The van der Waals surface area contributed by atoms with Gasteiger partial charge >= 0.3 is 6.18 Å². The fourth-order valence-electron chi connectivity index (χ4n) is 1.86. The van der Waals surface area contributed by atoms with Gasteiger partial charge in [0.25, 0.3) is 0 Å². The Kier molecular flexibility index (Phi) is 4.56. The average molecular weight is 364 g/mol. The molecule has 0 aliphatic carbocycles. The summed E-state index contributed by atoms with van der Waals surface area (Å²) in [6.07, 6.45) is -3.47. The maximum atomic E-state index is 12.8. The van der Waals surface area contributed by atoms with Gasteiger partial charge in [0.05, 0.1) is 11.6 Å². The summed E-state index contributed by atoms with van der Waals surface area (Å²) in [6.45, 7) is 2.03. The lowest BCUT2D eigenvalue weighted by Gasteiger charge is -2.15. The van der Waals surface area contributed by atoms with Crippen LogP contribution < -0.4 is 5.73 Å².